The number of hydrogen-bond acceptors (Lipinski definition) is 5. The van der Waals surface area contributed by atoms with Gasteiger partial charge in [0.25, 0.3) is 5.78 Å². The van der Waals surface area contributed by atoms with E-state index in [1.54, 1.807) is 40.9 Å². The van der Waals surface area contributed by atoms with Crippen LogP contribution in [0.25, 0.3) is 5.78 Å². The first kappa shape index (κ1) is 19.5. The summed E-state index contributed by atoms with van der Waals surface area (Å²) < 4.78 is 20.5. The highest BCUT2D eigenvalue weighted by molar-refractivity contribution is 5.90. The van der Waals surface area contributed by atoms with E-state index >= 15 is 0 Å². The summed E-state index contributed by atoms with van der Waals surface area (Å²) in [5.74, 6) is 1.05. The minimum absolute atomic E-state index is 0.105. The van der Waals surface area contributed by atoms with Crippen LogP contribution in [0.4, 0.5) is 10.1 Å². The van der Waals surface area contributed by atoms with Gasteiger partial charge in [-0.25, -0.2) is 13.9 Å². The lowest BCUT2D eigenvalue weighted by Gasteiger charge is -2.11. The maximum Gasteiger partial charge on any atom is 0.252 e. The smallest absolute Gasteiger partial charge is 0.252 e. The highest BCUT2D eigenvalue weighted by atomic mass is 19.1. The van der Waals surface area contributed by atoms with Gasteiger partial charge in [0.15, 0.2) is 0 Å². The monoisotopic (exact) mass is 405 g/mol. The molecule has 0 spiro atoms. The molecule has 1 N–H and O–H groups in total. The van der Waals surface area contributed by atoms with Crippen molar-refractivity contribution in [2.24, 2.45) is 0 Å². The minimum atomic E-state index is -0.361. The average molecular weight is 405 g/mol. The molecule has 0 bridgehead atoms. The Hall–Kier alpha value is -3.81. The van der Waals surface area contributed by atoms with Crippen molar-refractivity contribution in [3.8, 4) is 11.5 Å². The fourth-order valence-electron chi connectivity index (χ4n) is 3.25. The molecule has 2 aromatic carbocycles. The fourth-order valence-corrected chi connectivity index (χ4v) is 3.25. The zero-order valence-corrected chi connectivity index (χ0v) is 16.6. The van der Waals surface area contributed by atoms with Crippen LogP contribution in [0.1, 0.15) is 23.4 Å². The Morgan fingerprint density at radius 2 is 1.93 bits per heavy atom. The van der Waals surface area contributed by atoms with Gasteiger partial charge in [-0.05, 0) is 62.2 Å². The predicted molar refractivity (Wildman–Crippen MR) is 110 cm³/mol. The lowest BCUT2D eigenvalue weighted by atomic mass is 10.1. The molecule has 30 heavy (non-hydrogen) atoms. The van der Waals surface area contributed by atoms with Crippen LogP contribution >= 0.6 is 0 Å². The molecule has 152 valence electrons. The van der Waals surface area contributed by atoms with Gasteiger partial charge >= 0.3 is 0 Å². The minimum Gasteiger partial charge on any atom is -0.457 e. The van der Waals surface area contributed by atoms with Gasteiger partial charge in [0.1, 0.15) is 23.6 Å². The Balaban J connectivity index is 1.36. The lowest BCUT2D eigenvalue weighted by molar-refractivity contribution is -0.116. The fraction of sp³-hybridized carbons (Fsp3) is 0.182. The number of rotatable bonds is 6. The quantitative estimate of drug-likeness (QED) is 0.519. The second-order valence-corrected chi connectivity index (χ2v) is 6.87. The van der Waals surface area contributed by atoms with E-state index in [1.807, 2.05) is 13.8 Å². The Bertz CT molecular complexity index is 1200. The number of nitrogens with zero attached hydrogens (tertiary/aromatic N) is 4. The zero-order chi connectivity index (χ0) is 21.1. The Morgan fingerprint density at radius 1 is 1.13 bits per heavy atom. The summed E-state index contributed by atoms with van der Waals surface area (Å²) in [5, 5.41) is 7.04. The summed E-state index contributed by atoms with van der Waals surface area (Å²) in [7, 11) is 0. The second-order valence-electron chi connectivity index (χ2n) is 6.87. The first-order chi connectivity index (χ1) is 14.5. The number of aromatic nitrogens is 4. The van der Waals surface area contributed by atoms with E-state index in [4.69, 9.17) is 4.74 Å². The number of fused-ring (bicyclic) bond motifs is 1. The predicted octanol–water partition coefficient (Wildman–Crippen LogP) is 4.24. The first-order valence-corrected chi connectivity index (χ1v) is 9.49. The first-order valence-electron chi connectivity index (χ1n) is 9.49. The number of carbonyl (C=O) groups is 1. The third-order valence-corrected chi connectivity index (χ3v) is 4.76. The molecule has 7 nitrogen and oxygen atoms in total. The molecule has 2 heterocycles. The summed E-state index contributed by atoms with van der Waals surface area (Å²) >= 11 is 0. The molecule has 0 atom stereocenters. The standard InChI is InChI=1S/C22H20FN5O2/c1-14-20(15(2)28-22(26-14)24-13-25-28)10-11-21(29)27-17-6-8-18(9-7-17)30-19-5-3-4-16(23)12-19/h3-9,12-13H,10-11H2,1-2H3,(H,27,29). The molecule has 8 heteroatoms. The summed E-state index contributed by atoms with van der Waals surface area (Å²) in [6.45, 7) is 3.85. The number of carbonyl (C=O) groups excluding carboxylic acids is 1. The van der Waals surface area contributed by atoms with Crippen LogP contribution < -0.4 is 10.1 Å². The Morgan fingerprint density at radius 3 is 2.70 bits per heavy atom. The van der Waals surface area contributed by atoms with Crippen LogP contribution in [0.3, 0.4) is 0 Å². The summed E-state index contributed by atoms with van der Waals surface area (Å²) in [4.78, 5) is 20.9. The van der Waals surface area contributed by atoms with E-state index in [9.17, 15) is 9.18 Å². The number of anilines is 1. The van der Waals surface area contributed by atoms with Crippen molar-refractivity contribution in [3.05, 3.63) is 77.6 Å². The number of halogens is 1. The van der Waals surface area contributed by atoms with Gasteiger partial charge in [0.05, 0.1) is 0 Å². The van der Waals surface area contributed by atoms with Crippen LogP contribution in [-0.2, 0) is 11.2 Å². The molecule has 0 aliphatic rings. The van der Waals surface area contributed by atoms with E-state index in [0.717, 1.165) is 17.0 Å². The van der Waals surface area contributed by atoms with E-state index in [2.05, 4.69) is 20.4 Å². The number of hydrogen-bond donors (Lipinski definition) is 1. The van der Waals surface area contributed by atoms with Gasteiger partial charge < -0.3 is 10.1 Å². The molecule has 0 saturated heterocycles. The maximum absolute atomic E-state index is 13.2. The van der Waals surface area contributed by atoms with E-state index < -0.39 is 0 Å². The van der Waals surface area contributed by atoms with Crippen LogP contribution in [0, 0.1) is 19.7 Å². The molecule has 1 amide bonds. The molecular formula is C22H20FN5O2. The molecule has 0 saturated carbocycles. The third kappa shape index (κ3) is 4.27. The SMILES string of the molecule is Cc1nc2ncnn2c(C)c1CCC(=O)Nc1ccc(Oc2cccc(F)c2)cc1. The Kier molecular flexibility index (Phi) is 5.38. The molecule has 2 aromatic heterocycles. The highest BCUT2D eigenvalue weighted by Gasteiger charge is 2.13. The summed E-state index contributed by atoms with van der Waals surface area (Å²) in [6, 6.07) is 12.8. The van der Waals surface area contributed by atoms with Gasteiger partial charge in [0.2, 0.25) is 5.91 Å². The number of ether oxygens (including phenoxy) is 1. The topological polar surface area (TPSA) is 81.4 Å². The largest absolute Gasteiger partial charge is 0.457 e. The molecule has 4 aromatic rings. The van der Waals surface area contributed by atoms with Crippen molar-refractivity contribution in [3.63, 3.8) is 0 Å². The zero-order valence-electron chi connectivity index (χ0n) is 16.6. The Labute approximate surface area is 172 Å². The van der Waals surface area contributed by atoms with Crippen molar-refractivity contribution >= 4 is 17.4 Å². The molecule has 0 aliphatic heterocycles. The lowest BCUT2D eigenvalue weighted by Crippen LogP contribution is -2.14. The van der Waals surface area contributed by atoms with Crippen LogP contribution in [-0.4, -0.2) is 25.5 Å². The molecular weight excluding hydrogens is 385 g/mol. The normalized spacial score (nSPS) is 10.9. The number of amides is 1. The van der Waals surface area contributed by atoms with E-state index in [-0.39, 0.29) is 11.7 Å². The van der Waals surface area contributed by atoms with Gasteiger partial charge in [-0.2, -0.15) is 10.1 Å². The van der Waals surface area contributed by atoms with Crippen molar-refractivity contribution < 1.29 is 13.9 Å². The summed E-state index contributed by atoms with van der Waals surface area (Å²) in [5.41, 5.74) is 3.42. The molecule has 4 rings (SSSR count). The van der Waals surface area contributed by atoms with Gasteiger partial charge in [0, 0.05) is 29.6 Å². The summed E-state index contributed by atoms with van der Waals surface area (Å²) in [6.07, 6.45) is 2.32. The molecule has 0 radical (unpaired) electrons. The average Bonchev–Trinajstić information content (AvgIpc) is 3.18. The van der Waals surface area contributed by atoms with Gasteiger partial charge in [-0.1, -0.05) is 6.07 Å². The van der Waals surface area contributed by atoms with Gasteiger partial charge in [-0.15, -0.1) is 0 Å². The second kappa shape index (κ2) is 8.28. The molecule has 0 aliphatic carbocycles. The highest BCUT2D eigenvalue weighted by Crippen LogP contribution is 2.23. The number of nitrogens with one attached hydrogen (secondary N) is 1. The van der Waals surface area contributed by atoms with E-state index in [1.165, 1.54) is 18.5 Å². The van der Waals surface area contributed by atoms with Crippen LogP contribution in [0.5, 0.6) is 11.5 Å². The van der Waals surface area contributed by atoms with Crippen molar-refractivity contribution in [2.45, 2.75) is 26.7 Å². The molecule has 0 fully saturated rings. The van der Waals surface area contributed by atoms with Crippen molar-refractivity contribution in [1.82, 2.24) is 19.6 Å². The number of aryl methyl sites for hydroxylation is 2. The van der Waals surface area contributed by atoms with Gasteiger partial charge in [-0.3, -0.25) is 4.79 Å². The van der Waals surface area contributed by atoms with Crippen molar-refractivity contribution in [2.75, 3.05) is 5.32 Å². The van der Waals surface area contributed by atoms with Crippen LogP contribution in [0.2, 0.25) is 0 Å². The third-order valence-electron chi connectivity index (χ3n) is 4.76. The number of benzene rings is 2. The van der Waals surface area contributed by atoms with Crippen LogP contribution in [0.15, 0.2) is 54.9 Å². The maximum atomic E-state index is 13.2. The molecule has 0 unspecified atom stereocenters. The van der Waals surface area contributed by atoms with E-state index in [0.29, 0.717) is 35.8 Å². The van der Waals surface area contributed by atoms with Crippen molar-refractivity contribution in [1.29, 1.82) is 0 Å².